The van der Waals surface area contributed by atoms with E-state index in [0.29, 0.717) is 9.95 Å². The summed E-state index contributed by atoms with van der Waals surface area (Å²) in [6.07, 6.45) is 1.44. The molecule has 0 bridgehead atoms. The van der Waals surface area contributed by atoms with Gasteiger partial charge in [-0.3, -0.25) is 4.79 Å². The summed E-state index contributed by atoms with van der Waals surface area (Å²) in [6, 6.07) is 3.58. The van der Waals surface area contributed by atoms with E-state index in [4.69, 9.17) is 0 Å². The molecule has 0 aliphatic carbocycles. The van der Waals surface area contributed by atoms with Crippen LogP contribution in [0, 0.1) is 5.82 Å². The molecule has 1 aromatic carbocycles. The summed E-state index contributed by atoms with van der Waals surface area (Å²) in [6.45, 7) is 1.72. The van der Waals surface area contributed by atoms with Gasteiger partial charge in [-0.15, -0.1) is 0 Å². The number of nitrogens with zero attached hydrogens (tertiary/aromatic N) is 1. The molecule has 16 heavy (non-hydrogen) atoms. The minimum absolute atomic E-state index is 0.0631. The lowest BCUT2D eigenvalue weighted by atomic mass is 10.2. The van der Waals surface area contributed by atoms with Crippen LogP contribution in [0.4, 0.5) is 4.39 Å². The van der Waals surface area contributed by atoms with E-state index in [9.17, 15) is 14.3 Å². The first-order valence-corrected chi connectivity index (χ1v) is 5.35. The lowest BCUT2D eigenvalue weighted by Gasteiger charge is -1.99. The number of amides is 1. The predicted molar refractivity (Wildman–Crippen MR) is 61.7 cm³/mol. The van der Waals surface area contributed by atoms with Crippen molar-refractivity contribution in [2.75, 3.05) is 0 Å². The summed E-state index contributed by atoms with van der Waals surface area (Å²) in [5.41, 5.74) is 0.278. The van der Waals surface area contributed by atoms with Gasteiger partial charge in [-0.05, 0) is 31.2 Å². The maximum atomic E-state index is 12.9. The highest BCUT2D eigenvalue weighted by molar-refractivity contribution is 8.18. The van der Waals surface area contributed by atoms with Crippen molar-refractivity contribution in [2.24, 2.45) is 4.99 Å². The van der Waals surface area contributed by atoms with Gasteiger partial charge in [-0.1, -0.05) is 11.8 Å². The molecule has 1 aliphatic heterocycles. The van der Waals surface area contributed by atoms with Crippen LogP contribution in [0.25, 0.3) is 6.08 Å². The highest BCUT2D eigenvalue weighted by Crippen LogP contribution is 2.30. The minimum Gasteiger partial charge on any atom is -0.507 e. The number of benzene rings is 1. The monoisotopic (exact) mass is 237 g/mol. The van der Waals surface area contributed by atoms with Crippen molar-refractivity contribution in [2.45, 2.75) is 6.92 Å². The lowest BCUT2D eigenvalue weighted by molar-refractivity contribution is -0.113. The fourth-order valence-corrected chi connectivity index (χ4v) is 2.06. The Morgan fingerprint density at radius 1 is 1.50 bits per heavy atom. The van der Waals surface area contributed by atoms with Crippen LogP contribution in [0.15, 0.2) is 28.1 Å². The molecule has 1 aromatic rings. The zero-order valence-electron chi connectivity index (χ0n) is 8.40. The molecule has 0 unspecified atom stereocenters. The van der Waals surface area contributed by atoms with Gasteiger partial charge in [0.2, 0.25) is 0 Å². The van der Waals surface area contributed by atoms with Gasteiger partial charge in [0.05, 0.1) is 9.95 Å². The molecular weight excluding hydrogens is 229 g/mol. The molecule has 1 N–H and O–H groups in total. The molecule has 82 valence electrons. The first-order valence-electron chi connectivity index (χ1n) is 4.54. The second-order valence-corrected chi connectivity index (χ2v) is 4.48. The van der Waals surface area contributed by atoms with Gasteiger partial charge >= 0.3 is 0 Å². The van der Waals surface area contributed by atoms with Crippen LogP contribution in [0.5, 0.6) is 5.75 Å². The van der Waals surface area contributed by atoms with Gasteiger partial charge in [-0.25, -0.2) is 9.38 Å². The minimum atomic E-state index is -0.460. The second-order valence-electron chi connectivity index (χ2n) is 3.25. The first-order chi connectivity index (χ1) is 7.56. The summed E-state index contributed by atoms with van der Waals surface area (Å²) in [4.78, 5) is 15.4. The number of carbonyl (C=O) groups is 1. The maximum Gasteiger partial charge on any atom is 0.284 e. The summed E-state index contributed by atoms with van der Waals surface area (Å²) >= 11 is 1.21. The van der Waals surface area contributed by atoms with E-state index in [1.54, 1.807) is 6.92 Å². The van der Waals surface area contributed by atoms with E-state index in [-0.39, 0.29) is 17.2 Å². The fraction of sp³-hybridized carbons (Fsp3) is 0.0909. The molecule has 0 spiro atoms. The standard InChI is InChI=1S/C11H8FNO2S/c1-6-13-11(15)10(16-6)5-7-4-8(12)2-3-9(7)14/h2-5,14H,1H3/b10-5+. The number of phenolic OH excluding ortho intramolecular Hbond substituents is 1. The highest BCUT2D eigenvalue weighted by atomic mass is 32.2. The van der Waals surface area contributed by atoms with Gasteiger partial charge in [0.15, 0.2) is 0 Å². The number of thioether (sulfide) groups is 1. The third-order valence-corrected chi connectivity index (χ3v) is 2.90. The normalized spacial score (nSPS) is 18.0. The van der Waals surface area contributed by atoms with Crippen molar-refractivity contribution < 1.29 is 14.3 Å². The average molecular weight is 237 g/mol. The quantitative estimate of drug-likeness (QED) is 0.764. The van der Waals surface area contributed by atoms with Crippen molar-refractivity contribution in [1.82, 2.24) is 0 Å². The summed E-state index contributed by atoms with van der Waals surface area (Å²) in [7, 11) is 0. The van der Waals surface area contributed by atoms with Gasteiger partial charge in [0, 0.05) is 5.56 Å². The number of aliphatic imine (C=N–C) groups is 1. The SMILES string of the molecule is CC1=NC(=O)/C(=C\c2cc(F)ccc2O)S1. The molecule has 1 amide bonds. The van der Waals surface area contributed by atoms with Gasteiger partial charge < -0.3 is 5.11 Å². The molecule has 0 radical (unpaired) electrons. The Labute approximate surface area is 95.7 Å². The summed E-state index contributed by atoms with van der Waals surface area (Å²) < 4.78 is 12.9. The molecular formula is C11H8FNO2S. The Kier molecular flexibility index (Phi) is 2.78. The van der Waals surface area contributed by atoms with E-state index in [2.05, 4.69) is 4.99 Å². The van der Waals surface area contributed by atoms with Gasteiger partial charge in [0.25, 0.3) is 5.91 Å². The fourth-order valence-electron chi connectivity index (χ4n) is 1.30. The van der Waals surface area contributed by atoms with E-state index in [1.165, 1.54) is 30.0 Å². The van der Waals surface area contributed by atoms with Crippen LogP contribution in [-0.2, 0) is 4.79 Å². The number of carbonyl (C=O) groups excluding carboxylic acids is 1. The van der Waals surface area contributed by atoms with Crippen LogP contribution in [0.1, 0.15) is 12.5 Å². The maximum absolute atomic E-state index is 12.9. The number of aromatic hydroxyl groups is 1. The molecule has 5 heteroatoms. The Hall–Kier alpha value is -1.62. The second kappa shape index (κ2) is 4.09. The van der Waals surface area contributed by atoms with Crippen LogP contribution in [0.2, 0.25) is 0 Å². The number of hydrogen-bond donors (Lipinski definition) is 1. The number of phenols is 1. The van der Waals surface area contributed by atoms with Crippen molar-refractivity contribution in [1.29, 1.82) is 0 Å². The van der Waals surface area contributed by atoms with Crippen LogP contribution in [0.3, 0.4) is 0 Å². The third-order valence-electron chi connectivity index (χ3n) is 2.00. The Balaban J connectivity index is 2.37. The molecule has 0 saturated carbocycles. The largest absolute Gasteiger partial charge is 0.507 e. The number of hydrogen-bond acceptors (Lipinski definition) is 3. The zero-order valence-corrected chi connectivity index (χ0v) is 9.21. The average Bonchev–Trinajstić information content (AvgIpc) is 2.51. The Morgan fingerprint density at radius 3 is 2.88 bits per heavy atom. The van der Waals surface area contributed by atoms with Crippen molar-refractivity contribution >= 4 is 28.8 Å². The molecule has 1 heterocycles. The Bertz CT molecular complexity index is 523. The van der Waals surface area contributed by atoms with Crippen molar-refractivity contribution in [3.63, 3.8) is 0 Å². The number of halogens is 1. The van der Waals surface area contributed by atoms with E-state index in [0.717, 1.165) is 6.07 Å². The zero-order chi connectivity index (χ0) is 11.7. The molecule has 0 saturated heterocycles. The van der Waals surface area contributed by atoms with Crippen molar-refractivity contribution in [3.05, 3.63) is 34.5 Å². The Morgan fingerprint density at radius 2 is 2.25 bits per heavy atom. The molecule has 3 nitrogen and oxygen atoms in total. The van der Waals surface area contributed by atoms with Gasteiger partial charge in [0.1, 0.15) is 11.6 Å². The van der Waals surface area contributed by atoms with Gasteiger partial charge in [-0.2, -0.15) is 0 Å². The molecule has 2 rings (SSSR count). The molecule has 0 atom stereocenters. The smallest absolute Gasteiger partial charge is 0.284 e. The highest BCUT2D eigenvalue weighted by Gasteiger charge is 2.19. The number of rotatable bonds is 1. The van der Waals surface area contributed by atoms with Crippen LogP contribution in [-0.4, -0.2) is 16.1 Å². The van der Waals surface area contributed by atoms with Crippen LogP contribution >= 0.6 is 11.8 Å². The summed E-state index contributed by atoms with van der Waals surface area (Å²) in [5, 5.41) is 10.1. The molecule has 1 aliphatic rings. The summed E-state index contributed by atoms with van der Waals surface area (Å²) in [5.74, 6) is -0.879. The first kappa shape index (κ1) is 10.9. The third kappa shape index (κ3) is 2.14. The van der Waals surface area contributed by atoms with Crippen LogP contribution < -0.4 is 0 Å². The lowest BCUT2D eigenvalue weighted by Crippen LogP contribution is -1.88. The van der Waals surface area contributed by atoms with E-state index >= 15 is 0 Å². The molecule has 0 fully saturated rings. The van der Waals surface area contributed by atoms with E-state index < -0.39 is 5.82 Å². The van der Waals surface area contributed by atoms with Crippen molar-refractivity contribution in [3.8, 4) is 5.75 Å². The van der Waals surface area contributed by atoms with E-state index in [1.807, 2.05) is 0 Å². The topological polar surface area (TPSA) is 49.7 Å². The molecule has 0 aromatic heterocycles. The predicted octanol–water partition coefficient (Wildman–Crippen LogP) is 2.56.